The summed E-state index contributed by atoms with van der Waals surface area (Å²) in [5.74, 6) is -1.31. The number of aliphatic hydroxyl groups excluding tert-OH is 1. The predicted octanol–water partition coefficient (Wildman–Crippen LogP) is 7.03. The maximum absolute atomic E-state index is 14.1. The van der Waals surface area contributed by atoms with Gasteiger partial charge in [-0.15, -0.1) is 0 Å². The highest BCUT2D eigenvalue weighted by atomic mass is 19.1. The second kappa shape index (κ2) is 13.3. The molecule has 3 aromatic carbocycles. The molecule has 0 saturated carbocycles. The third-order valence-corrected chi connectivity index (χ3v) is 6.88. The van der Waals surface area contributed by atoms with Crippen LogP contribution in [0.25, 0.3) is 22.4 Å². The first-order valence-electron chi connectivity index (χ1n) is 13.8. The first-order valence-corrected chi connectivity index (χ1v) is 13.8. The second-order valence-corrected chi connectivity index (χ2v) is 10.5. The van der Waals surface area contributed by atoms with Gasteiger partial charge in [0.1, 0.15) is 17.4 Å². The summed E-state index contributed by atoms with van der Waals surface area (Å²) in [6.07, 6.45) is -1.08. The van der Waals surface area contributed by atoms with Crippen molar-refractivity contribution >= 4 is 23.2 Å². The van der Waals surface area contributed by atoms with E-state index in [4.69, 9.17) is 0 Å². The number of hydrogen-bond donors (Lipinski definition) is 2. The summed E-state index contributed by atoms with van der Waals surface area (Å²) < 4.78 is 16.0. The summed E-state index contributed by atoms with van der Waals surface area (Å²) in [5.41, 5.74) is 4.88. The van der Waals surface area contributed by atoms with Gasteiger partial charge in [0, 0.05) is 29.9 Å². The number of rotatable bonds is 12. The molecule has 1 aromatic heterocycles. The van der Waals surface area contributed by atoms with Gasteiger partial charge in [0.15, 0.2) is 0 Å². The van der Waals surface area contributed by atoms with Crippen LogP contribution in [0.15, 0.2) is 84.9 Å². The zero-order valence-electron chi connectivity index (χ0n) is 23.6. The Balaban J connectivity index is 1.90. The number of nitrogens with one attached hydrogen (secondary N) is 1. The van der Waals surface area contributed by atoms with E-state index in [1.165, 1.54) is 19.1 Å². The Morgan fingerprint density at radius 3 is 2.07 bits per heavy atom. The second-order valence-electron chi connectivity index (χ2n) is 10.5. The molecule has 0 unspecified atom stereocenters. The number of ketones is 2. The Bertz CT molecular complexity index is 1510. The molecular weight excluding hydrogens is 519 g/mol. The van der Waals surface area contributed by atoms with Gasteiger partial charge >= 0.3 is 0 Å². The number of nitrogens with zero attached hydrogens (tertiary/aromatic N) is 1. The predicted molar refractivity (Wildman–Crippen MR) is 159 cm³/mol. The minimum Gasteiger partial charge on any atom is -0.393 e. The van der Waals surface area contributed by atoms with Crippen molar-refractivity contribution in [3.8, 4) is 22.4 Å². The van der Waals surface area contributed by atoms with Crippen LogP contribution in [0.3, 0.4) is 0 Å². The summed E-state index contributed by atoms with van der Waals surface area (Å²) in [6.45, 7) is 5.65. The van der Waals surface area contributed by atoms with Gasteiger partial charge in [-0.1, -0.05) is 62.4 Å². The number of anilines is 1. The molecule has 0 radical (unpaired) electrons. The molecule has 1 heterocycles. The summed E-state index contributed by atoms with van der Waals surface area (Å²) in [4.78, 5) is 37.6. The van der Waals surface area contributed by atoms with Gasteiger partial charge in [-0.3, -0.25) is 14.4 Å². The summed E-state index contributed by atoms with van der Waals surface area (Å²) in [5, 5.41) is 13.8. The summed E-state index contributed by atoms with van der Waals surface area (Å²) in [7, 11) is 0. The maximum atomic E-state index is 14.1. The molecule has 0 aliphatic heterocycles. The molecular formula is C34H35FN2O4. The highest BCUT2D eigenvalue weighted by molar-refractivity contribution is 6.12. The topological polar surface area (TPSA) is 88.4 Å². The van der Waals surface area contributed by atoms with E-state index in [0.29, 0.717) is 28.9 Å². The number of carbonyl (C=O) groups is 3. The molecule has 0 fully saturated rings. The lowest BCUT2D eigenvalue weighted by Gasteiger charge is -2.19. The van der Waals surface area contributed by atoms with Crippen molar-refractivity contribution in [3.63, 3.8) is 0 Å². The van der Waals surface area contributed by atoms with Gasteiger partial charge in [0.2, 0.25) is 0 Å². The molecule has 0 aliphatic carbocycles. The van der Waals surface area contributed by atoms with Crippen molar-refractivity contribution in [3.05, 3.63) is 102 Å². The average Bonchev–Trinajstić information content (AvgIpc) is 3.28. The SMILES string of the molecule is CC(=O)CC(=O)C[C@H](O)CCn1c(-c2ccc(F)cc2)c(-c2ccccc2)c(C(=O)Nc2ccccc2)c1C(C)C. The minimum atomic E-state index is -0.966. The molecule has 41 heavy (non-hydrogen) atoms. The highest BCUT2D eigenvalue weighted by Gasteiger charge is 2.30. The molecule has 212 valence electrons. The fourth-order valence-electron chi connectivity index (χ4n) is 5.20. The Hall–Kier alpha value is -4.36. The zero-order valence-corrected chi connectivity index (χ0v) is 23.6. The number of Topliss-reactive ketones (excluding diaryl/α,β-unsaturated/α-hetero) is 2. The number of amides is 1. The molecule has 7 heteroatoms. The Morgan fingerprint density at radius 2 is 1.49 bits per heavy atom. The number of benzene rings is 3. The molecule has 1 atom stereocenters. The number of hydrogen-bond acceptors (Lipinski definition) is 4. The highest BCUT2D eigenvalue weighted by Crippen LogP contribution is 2.42. The number of carbonyl (C=O) groups excluding carboxylic acids is 3. The standard InChI is InChI=1S/C34H35FN2O4/c1-22(2)32-31(34(41)36-27-12-8-5-9-13-27)30(24-10-6-4-7-11-24)33(25-14-16-26(35)17-15-25)37(32)19-18-28(39)21-29(40)20-23(3)38/h4-17,22,28,39H,18-21H2,1-3H3,(H,36,41)/t28-/m1/s1. The normalized spacial score (nSPS) is 11.9. The Labute approximate surface area is 239 Å². The molecule has 6 nitrogen and oxygen atoms in total. The number of halogens is 1. The molecule has 2 N–H and O–H groups in total. The van der Waals surface area contributed by atoms with E-state index < -0.39 is 6.10 Å². The zero-order chi connectivity index (χ0) is 29.5. The maximum Gasteiger partial charge on any atom is 0.258 e. The van der Waals surface area contributed by atoms with Gasteiger partial charge in [-0.2, -0.15) is 0 Å². The van der Waals surface area contributed by atoms with Crippen LogP contribution in [-0.2, 0) is 16.1 Å². The smallest absolute Gasteiger partial charge is 0.258 e. The van der Waals surface area contributed by atoms with Gasteiger partial charge in [0.25, 0.3) is 5.91 Å². The van der Waals surface area contributed by atoms with Gasteiger partial charge in [-0.05, 0) is 66.8 Å². The van der Waals surface area contributed by atoms with Crippen LogP contribution in [-0.4, -0.2) is 33.3 Å². The van der Waals surface area contributed by atoms with Crippen LogP contribution in [0.1, 0.15) is 62.0 Å². The number of para-hydroxylation sites is 1. The van der Waals surface area contributed by atoms with E-state index in [1.54, 1.807) is 12.1 Å². The van der Waals surface area contributed by atoms with Gasteiger partial charge < -0.3 is 15.0 Å². The number of aromatic nitrogens is 1. The average molecular weight is 555 g/mol. The van der Waals surface area contributed by atoms with Crippen molar-refractivity contribution in [2.45, 2.75) is 58.6 Å². The van der Waals surface area contributed by atoms with E-state index in [9.17, 15) is 23.9 Å². The van der Waals surface area contributed by atoms with Crippen molar-refractivity contribution in [1.82, 2.24) is 4.57 Å². The van der Waals surface area contributed by atoms with Crippen molar-refractivity contribution in [2.24, 2.45) is 0 Å². The first kappa shape index (κ1) is 29.6. The van der Waals surface area contributed by atoms with Crippen molar-refractivity contribution in [1.29, 1.82) is 0 Å². The van der Waals surface area contributed by atoms with Crippen LogP contribution < -0.4 is 5.32 Å². The Kier molecular flexibility index (Phi) is 9.63. The molecule has 0 saturated heterocycles. The van der Waals surface area contributed by atoms with E-state index in [1.807, 2.05) is 79.1 Å². The summed E-state index contributed by atoms with van der Waals surface area (Å²) in [6, 6.07) is 24.9. The summed E-state index contributed by atoms with van der Waals surface area (Å²) >= 11 is 0. The van der Waals surface area contributed by atoms with Crippen molar-refractivity contribution in [2.75, 3.05) is 5.32 Å². The lowest BCUT2D eigenvalue weighted by atomic mass is 9.94. The molecule has 1 amide bonds. The lowest BCUT2D eigenvalue weighted by Crippen LogP contribution is -2.20. The third kappa shape index (κ3) is 7.24. The monoisotopic (exact) mass is 554 g/mol. The van der Waals surface area contributed by atoms with E-state index in [0.717, 1.165) is 17.0 Å². The molecule has 0 bridgehead atoms. The fraction of sp³-hybridized carbons (Fsp3) is 0.265. The quantitative estimate of drug-likeness (QED) is 0.184. The van der Waals surface area contributed by atoms with Crippen LogP contribution in [0.2, 0.25) is 0 Å². The van der Waals surface area contributed by atoms with E-state index >= 15 is 0 Å². The molecule has 0 aliphatic rings. The van der Waals surface area contributed by atoms with E-state index in [-0.39, 0.29) is 48.5 Å². The number of aliphatic hydroxyl groups is 1. The minimum absolute atomic E-state index is 0.0975. The van der Waals surface area contributed by atoms with Gasteiger partial charge in [-0.25, -0.2) is 4.39 Å². The molecule has 4 rings (SSSR count). The van der Waals surface area contributed by atoms with Crippen LogP contribution in [0.4, 0.5) is 10.1 Å². The van der Waals surface area contributed by atoms with Crippen LogP contribution >= 0.6 is 0 Å². The van der Waals surface area contributed by atoms with Crippen LogP contribution in [0.5, 0.6) is 0 Å². The van der Waals surface area contributed by atoms with E-state index in [2.05, 4.69) is 5.32 Å². The largest absolute Gasteiger partial charge is 0.393 e. The molecule has 4 aromatic rings. The van der Waals surface area contributed by atoms with Crippen molar-refractivity contribution < 1.29 is 23.9 Å². The third-order valence-electron chi connectivity index (χ3n) is 6.88. The lowest BCUT2D eigenvalue weighted by molar-refractivity contribution is -0.127. The molecule has 0 spiro atoms. The first-order chi connectivity index (χ1) is 19.7. The fourth-order valence-corrected chi connectivity index (χ4v) is 5.20. The Morgan fingerprint density at radius 1 is 0.878 bits per heavy atom. The van der Waals surface area contributed by atoms with Crippen LogP contribution in [0, 0.1) is 5.82 Å². The van der Waals surface area contributed by atoms with Gasteiger partial charge in [0.05, 0.1) is 23.8 Å².